The molecular weight excluding hydrogens is 696 g/mol. The molecule has 234 valence electrons. The van der Waals surface area contributed by atoms with Crippen LogP contribution in [0.15, 0.2) is 93.9 Å². The highest BCUT2D eigenvalue weighted by Crippen LogP contribution is 2.58. The van der Waals surface area contributed by atoms with E-state index in [0.717, 1.165) is 86.1 Å². The van der Waals surface area contributed by atoms with Crippen molar-refractivity contribution in [1.29, 1.82) is 0 Å². The molecule has 2 heterocycles. The van der Waals surface area contributed by atoms with E-state index in [4.69, 9.17) is 18.9 Å². The number of rotatable bonds is 10. The molecule has 0 N–H and O–H groups in total. The van der Waals surface area contributed by atoms with E-state index < -0.39 is 5.41 Å². The Morgan fingerprint density at radius 3 is 1.69 bits per heavy atom. The van der Waals surface area contributed by atoms with Crippen LogP contribution in [0.1, 0.15) is 22.3 Å². The first-order valence-corrected chi connectivity index (χ1v) is 17.4. The quantitative estimate of drug-likeness (QED) is 0.154. The molecule has 0 saturated carbocycles. The molecule has 2 saturated heterocycles. The van der Waals surface area contributed by atoms with Crippen molar-refractivity contribution in [3.05, 3.63) is 116 Å². The first kappa shape index (κ1) is 30.9. The van der Waals surface area contributed by atoms with Crippen LogP contribution >= 0.6 is 31.9 Å². The van der Waals surface area contributed by atoms with Gasteiger partial charge in [0.15, 0.2) is 0 Å². The van der Waals surface area contributed by atoms with E-state index in [1.165, 1.54) is 33.4 Å². The fourth-order valence-corrected chi connectivity index (χ4v) is 7.87. The number of benzene rings is 4. The van der Waals surface area contributed by atoms with Crippen molar-refractivity contribution in [2.24, 2.45) is 0 Å². The van der Waals surface area contributed by atoms with E-state index in [1.807, 2.05) is 0 Å². The van der Waals surface area contributed by atoms with Gasteiger partial charge in [-0.3, -0.25) is 9.80 Å². The lowest BCUT2D eigenvalue weighted by molar-refractivity contribution is 0.0321. The summed E-state index contributed by atoms with van der Waals surface area (Å²) in [6, 6.07) is 30.6. The van der Waals surface area contributed by atoms with Gasteiger partial charge in [-0.25, -0.2) is 0 Å². The second-order valence-electron chi connectivity index (χ2n) is 11.8. The third-order valence-electron chi connectivity index (χ3n) is 9.21. The van der Waals surface area contributed by atoms with Gasteiger partial charge < -0.3 is 18.9 Å². The SMILES string of the molecule is Brc1ccc2c(c1)C(c1ccc(OCCN3CCOCC3)cc1)(c1ccc(OCCN3CCOCC3)cc1)c1cccc(Br)c1-2. The summed E-state index contributed by atoms with van der Waals surface area (Å²) in [6.45, 7) is 10.2. The van der Waals surface area contributed by atoms with Crippen LogP contribution in [0.5, 0.6) is 11.5 Å². The highest BCUT2D eigenvalue weighted by Gasteiger charge is 2.47. The van der Waals surface area contributed by atoms with Gasteiger partial charge in [-0.15, -0.1) is 0 Å². The van der Waals surface area contributed by atoms with Crippen LogP contribution in [0, 0.1) is 0 Å². The normalized spacial score (nSPS) is 17.9. The van der Waals surface area contributed by atoms with Crippen molar-refractivity contribution in [3.63, 3.8) is 0 Å². The maximum Gasteiger partial charge on any atom is 0.119 e. The van der Waals surface area contributed by atoms with Crippen molar-refractivity contribution >= 4 is 31.9 Å². The third kappa shape index (κ3) is 6.33. The number of ether oxygens (including phenoxy) is 4. The third-order valence-corrected chi connectivity index (χ3v) is 10.4. The highest BCUT2D eigenvalue weighted by atomic mass is 79.9. The molecule has 0 unspecified atom stereocenters. The van der Waals surface area contributed by atoms with Crippen molar-refractivity contribution < 1.29 is 18.9 Å². The molecule has 3 aliphatic rings. The molecule has 0 bridgehead atoms. The van der Waals surface area contributed by atoms with Crippen molar-refractivity contribution in [3.8, 4) is 22.6 Å². The first-order valence-electron chi connectivity index (χ1n) is 15.8. The van der Waals surface area contributed by atoms with Crippen LogP contribution < -0.4 is 9.47 Å². The summed E-state index contributed by atoms with van der Waals surface area (Å²) in [6.07, 6.45) is 0. The lowest BCUT2D eigenvalue weighted by Crippen LogP contribution is -2.38. The van der Waals surface area contributed by atoms with Crippen molar-refractivity contribution in [1.82, 2.24) is 9.80 Å². The van der Waals surface area contributed by atoms with Crippen LogP contribution in [-0.4, -0.2) is 88.7 Å². The van der Waals surface area contributed by atoms with E-state index in [1.54, 1.807) is 0 Å². The van der Waals surface area contributed by atoms with Crippen LogP contribution in [0.4, 0.5) is 0 Å². The monoisotopic (exact) mass is 732 g/mol. The molecule has 0 atom stereocenters. The second-order valence-corrected chi connectivity index (χ2v) is 13.5. The molecule has 6 nitrogen and oxygen atoms in total. The Balaban J connectivity index is 1.21. The minimum absolute atomic E-state index is 0.517. The molecule has 0 radical (unpaired) electrons. The Morgan fingerprint density at radius 1 is 0.622 bits per heavy atom. The maximum absolute atomic E-state index is 6.21. The van der Waals surface area contributed by atoms with Gasteiger partial charge in [0.2, 0.25) is 0 Å². The second kappa shape index (κ2) is 14.0. The molecule has 0 spiro atoms. The molecule has 1 aliphatic carbocycles. The predicted octanol–water partition coefficient (Wildman–Crippen LogP) is 7.00. The zero-order valence-corrected chi connectivity index (χ0v) is 28.5. The summed E-state index contributed by atoms with van der Waals surface area (Å²) >= 11 is 7.70. The van der Waals surface area contributed by atoms with Crippen LogP contribution in [0.2, 0.25) is 0 Å². The maximum atomic E-state index is 6.21. The molecule has 0 amide bonds. The largest absolute Gasteiger partial charge is 0.492 e. The summed E-state index contributed by atoms with van der Waals surface area (Å²) in [5.41, 5.74) is 6.85. The van der Waals surface area contributed by atoms with Gasteiger partial charge in [0, 0.05) is 53.8 Å². The fraction of sp³-hybridized carbons (Fsp3) is 0.351. The Morgan fingerprint density at radius 2 is 1.16 bits per heavy atom. The van der Waals surface area contributed by atoms with E-state index >= 15 is 0 Å². The van der Waals surface area contributed by atoms with E-state index in [0.29, 0.717) is 13.2 Å². The Hall–Kier alpha value is -2.72. The number of hydrogen-bond donors (Lipinski definition) is 0. The predicted molar refractivity (Wildman–Crippen MR) is 185 cm³/mol. The molecule has 45 heavy (non-hydrogen) atoms. The van der Waals surface area contributed by atoms with Gasteiger partial charge in [-0.05, 0) is 70.3 Å². The molecular formula is C37H38Br2N2O4. The van der Waals surface area contributed by atoms with E-state index in [2.05, 4.69) is 127 Å². The van der Waals surface area contributed by atoms with Crippen molar-refractivity contribution in [2.75, 3.05) is 78.9 Å². The van der Waals surface area contributed by atoms with E-state index in [-0.39, 0.29) is 0 Å². The lowest BCUT2D eigenvalue weighted by Gasteiger charge is -2.34. The van der Waals surface area contributed by atoms with Crippen LogP contribution in [0.3, 0.4) is 0 Å². The van der Waals surface area contributed by atoms with Gasteiger partial charge in [-0.2, -0.15) is 0 Å². The minimum atomic E-state index is -0.517. The minimum Gasteiger partial charge on any atom is -0.492 e. The van der Waals surface area contributed by atoms with Crippen LogP contribution in [-0.2, 0) is 14.9 Å². The highest BCUT2D eigenvalue weighted by molar-refractivity contribution is 9.10. The molecule has 4 aromatic carbocycles. The standard InChI is InChI=1S/C37H38Br2N2O4/c38-29-8-13-32-34(26-29)37(33-2-1-3-35(39)36(32)33,27-4-9-30(10-5-27)44-24-18-40-14-20-42-21-15-40)28-6-11-31(12-7-28)45-25-19-41-16-22-43-23-17-41/h1-13,26H,14-25H2. The molecule has 7 rings (SSSR count). The smallest absolute Gasteiger partial charge is 0.119 e. The molecule has 4 aromatic rings. The molecule has 8 heteroatoms. The molecule has 2 fully saturated rings. The Labute approximate surface area is 282 Å². The fourth-order valence-electron chi connectivity index (χ4n) is 6.93. The topological polar surface area (TPSA) is 43.4 Å². The lowest BCUT2D eigenvalue weighted by atomic mass is 9.67. The van der Waals surface area contributed by atoms with Gasteiger partial charge >= 0.3 is 0 Å². The van der Waals surface area contributed by atoms with Gasteiger partial charge in [-0.1, -0.05) is 74.3 Å². The van der Waals surface area contributed by atoms with Gasteiger partial charge in [0.1, 0.15) is 24.7 Å². The molecule has 2 aliphatic heterocycles. The zero-order chi connectivity index (χ0) is 30.6. The summed E-state index contributed by atoms with van der Waals surface area (Å²) in [4.78, 5) is 4.79. The molecule has 0 aromatic heterocycles. The average Bonchev–Trinajstić information content (AvgIpc) is 3.37. The average molecular weight is 735 g/mol. The Kier molecular flexibility index (Phi) is 9.58. The van der Waals surface area contributed by atoms with E-state index in [9.17, 15) is 0 Å². The number of halogens is 2. The van der Waals surface area contributed by atoms with Gasteiger partial charge in [0.25, 0.3) is 0 Å². The van der Waals surface area contributed by atoms with Crippen molar-refractivity contribution in [2.45, 2.75) is 5.41 Å². The first-order chi connectivity index (χ1) is 22.1. The summed E-state index contributed by atoms with van der Waals surface area (Å²) in [5, 5.41) is 0. The zero-order valence-electron chi connectivity index (χ0n) is 25.4. The number of morpholine rings is 2. The summed E-state index contributed by atoms with van der Waals surface area (Å²) in [7, 11) is 0. The number of hydrogen-bond acceptors (Lipinski definition) is 6. The number of fused-ring (bicyclic) bond motifs is 3. The summed E-state index contributed by atoms with van der Waals surface area (Å²) < 4.78 is 25.5. The Bertz CT molecular complexity index is 1530. The van der Waals surface area contributed by atoms with Crippen LogP contribution in [0.25, 0.3) is 11.1 Å². The summed E-state index contributed by atoms with van der Waals surface area (Å²) in [5.74, 6) is 1.77. The number of nitrogens with zero attached hydrogens (tertiary/aromatic N) is 2. The van der Waals surface area contributed by atoms with Gasteiger partial charge in [0.05, 0.1) is 31.8 Å².